The van der Waals surface area contributed by atoms with E-state index < -0.39 is 0 Å². The summed E-state index contributed by atoms with van der Waals surface area (Å²) in [5.74, 6) is 1.66. The zero-order valence-electron chi connectivity index (χ0n) is 16.5. The first-order valence-electron chi connectivity index (χ1n) is 9.15. The highest BCUT2D eigenvalue weighted by Gasteiger charge is 2.07. The van der Waals surface area contributed by atoms with Gasteiger partial charge in [0.1, 0.15) is 6.33 Å². The second-order valence-corrected chi connectivity index (χ2v) is 6.55. The highest BCUT2D eigenvalue weighted by molar-refractivity contribution is 14.0. The van der Waals surface area contributed by atoms with Crippen LogP contribution in [0.2, 0.25) is 0 Å². The number of aromatic nitrogens is 3. The maximum absolute atomic E-state index is 4.81. The van der Waals surface area contributed by atoms with E-state index >= 15 is 0 Å². The Labute approximate surface area is 183 Å². The number of rotatable bonds is 6. The van der Waals surface area contributed by atoms with Gasteiger partial charge in [0.05, 0.1) is 6.54 Å². The highest BCUT2D eigenvalue weighted by atomic mass is 127. The minimum Gasteiger partial charge on any atom is -0.357 e. The number of guanidine groups is 1. The summed E-state index contributed by atoms with van der Waals surface area (Å²) >= 11 is 0. The number of benzene rings is 2. The van der Waals surface area contributed by atoms with Crippen molar-refractivity contribution in [1.29, 1.82) is 0 Å². The Morgan fingerprint density at radius 3 is 2.61 bits per heavy atom. The lowest BCUT2D eigenvalue weighted by atomic mass is 10.1. The van der Waals surface area contributed by atoms with Crippen molar-refractivity contribution in [1.82, 2.24) is 25.4 Å². The van der Waals surface area contributed by atoms with Crippen LogP contribution in [-0.4, -0.2) is 39.6 Å². The van der Waals surface area contributed by atoms with Gasteiger partial charge >= 0.3 is 0 Å². The van der Waals surface area contributed by atoms with Crippen LogP contribution in [0.1, 0.15) is 23.6 Å². The van der Waals surface area contributed by atoms with E-state index in [0.29, 0.717) is 6.54 Å². The van der Waals surface area contributed by atoms with Gasteiger partial charge in [-0.3, -0.25) is 5.10 Å². The number of aromatic amines is 1. The molecule has 0 radical (unpaired) electrons. The van der Waals surface area contributed by atoms with Gasteiger partial charge in [-0.05, 0) is 31.0 Å². The number of nitrogens with zero attached hydrogens (tertiary/aromatic N) is 4. The summed E-state index contributed by atoms with van der Waals surface area (Å²) in [4.78, 5) is 11.2. The number of H-pyrrole nitrogens is 1. The summed E-state index contributed by atoms with van der Waals surface area (Å²) in [6.45, 7) is 6.42. The van der Waals surface area contributed by atoms with E-state index in [-0.39, 0.29) is 24.0 Å². The minimum absolute atomic E-state index is 0. The summed E-state index contributed by atoms with van der Waals surface area (Å²) in [6.07, 6.45) is 1.52. The molecule has 0 spiro atoms. The Balaban J connectivity index is 0.00000280. The van der Waals surface area contributed by atoms with Crippen LogP contribution in [0.4, 0.5) is 0 Å². The Hall–Kier alpha value is -2.42. The maximum atomic E-state index is 4.81. The zero-order chi connectivity index (χ0) is 19.1. The fraction of sp³-hybridized carbons (Fsp3) is 0.286. The fourth-order valence-corrected chi connectivity index (χ4v) is 2.84. The molecule has 0 amide bonds. The molecule has 3 aromatic rings. The van der Waals surface area contributed by atoms with Gasteiger partial charge in [-0.15, -0.1) is 24.0 Å². The van der Waals surface area contributed by atoms with Crippen molar-refractivity contribution < 1.29 is 0 Å². The molecule has 0 fully saturated rings. The van der Waals surface area contributed by atoms with Crippen molar-refractivity contribution in [3.05, 3.63) is 71.5 Å². The number of hydrogen-bond donors (Lipinski definition) is 2. The van der Waals surface area contributed by atoms with Crippen LogP contribution in [0, 0.1) is 6.92 Å². The lowest BCUT2D eigenvalue weighted by molar-refractivity contribution is 0.477. The maximum Gasteiger partial charge on any atom is 0.194 e. The number of aliphatic imine (C=N–C) groups is 1. The van der Waals surface area contributed by atoms with Crippen molar-refractivity contribution in [2.24, 2.45) is 4.99 Å². The largest absolute Gasteiger partial charge is 0.357 e. The van der Waals surface area contributed by atoms with Crippen LogP contribution in [-0.2, 0) is 13.1 Å². The minimum atomic E-state index is 0. The number of hydrogen-bond acceptors (Lipinski definition) is 3. The molecule has 2 aromatic carbocycles. The Kier molecular flexibility index (Phi) is 8.43. The molecular formula is C21H27IN6. The molecule has 0 saturated heterocycles. The van der Waals surface area contributed by atoms with Gasteiger partial charge in [0, 0.05) is 25.7 Å². The number of aryl methyl sites for hydroxylation is 1. The molecule has 7 heteroatoms. The first kappa shape index (κ1) is 21.9. The van der Waals surface area contributed by atoms with Crippen LogP contribution in [0.15, 0.2) is 59.9 Å². The molecule has 0 unspecified atom stereocenters. The Morgan fingerprint density at radius 2 is 1.93 bits per heavy atom. The molecule has 0 atom stereocenters. The fourth-order valence-electron chi connectivity index (χ4n) is 2.84. The molecule has 6 nitrogen and oxygen atoms in total. The SMILES string of the molecule is CCNC(=NCc1cccc(-c2ncn[nH]2)c1)N(C)Cc1ccc(C)cc1.I. The van der Waals surface area contributed by atoms with E-state index in [9.17, 15) is 0 Å². The van der Waals surface area contributed by atoms with E-state index in [1.807, 2.05) is 12.1 Å². The van der Waals surface area contributed by atoms with Gasteiger partial charge in [0.25, 0.3) is 0 Å². The normalized spacial score (nSPS) is 11.0. The molecule has 0 aliphatic carbocycles. The lowest BCUT2D eigenvalue weighted by Gasteiger charge is -2.22. The van der Waals surface area contributed by atoms with Gasteiger partial charge in [0.15, 0.2) is 11.8 Å². The predicted octanol–water partition coefficient (Wildman–Crippen LogP) is 4.00. The van der Waals surface area contributed by atoms with Crippen LogP contribution in [0.3, 0.4) is 0 Å². The molecule has 148 valence electrons. The topological polar surface area (TPSA) is 69.2 Å². The third-order valence-electron chi connectivity index (χ3n) is 4.26. The van der Waals surface area contributed by atoms with Gasteiger partial charge in [-0.1, -0.05) is 48.0 Å². The summed E-state index contributed by atoms with van der Waals surface area (Å²) in [5, 5.41) is 10.2. The third-order valence-corrected chi connectivity index (χ3v) is 4.26. The van der Waals surface area contributed by atoms with Crippen molar-refractivity contribution in [2.75, 3.05) is 13.6 Å². The molecule has 0 aliphatic heterocycles. The van der Waals surface area contributed by atoms with Crippen LogP contribution in [0.5, 0.6) is 0 Å². The quantitative estimate of drug-likeness (QED) is 0.312. The smallest absolute Gasteiger partial charge is 0.194 e. The Bertz CT molecular complexity index is 874. The summed E-state index contributed by atoms with van der Waals surface area (Å²) in [6, 6.07) is 16.8. The second kappa shape index (κ2) is 10.8. The van der Waals surface area contributed by atoms with Crippen LogP contribution < -0.4 is 5.32 Å². The number of halogens is 1. The van der Waals surface area contributed by atoms with E-state index in [2.05, 4.69) is 82.7 Å². The summed E-state index contributed by atoms with van der Waals surface area (Å²) in [7, 11) is 2.06. The molecule has 1 heterocycles. The first-order valence-corrected chi connectivity index (χ1v) is 9.15. The monoisotopic (exact) mass is 490 g/mol. The van der Waals surface area contributed by atoms with Gasteiger partial charge in [0.2, 0.25) is 0 Å². The highest BCUT2D eigenvalue weighted by Crippen LogP contribution is 2.16. The van der Waals surface area contributed by atoms with E-state index in [4.69, 9.17) is 4.99 Å². The average Bonchev–Trinajstić information content (AvgIpc) is 3.22. The molecule has 1 aromatic heterocycles. The second-order valence-electron chi connectivity index (χ2n) is 6.55. The van der Waals surface area contributed by atoms with Gasteiger partial charge in [-0.2, -0.15) is 5.10 Å². The van der Waals surface area contributed by atoms with Gasteiger partial charge in [-0.25, -0.2) is 9.98 Å². The summed E-state index contributed by atoms with van der Waals surface area (Å²) in [5.41, 5.74) is 4.68. The summed E-state index contributed by atoms with van der Waals surface area (Å²) < 4.78 is 0. The lowest BCUT2D eigenvalue weighted by Crippen LogP contribution is -2.38. The van der Waals surface area contributed by atoms with Gasteiger partial charge < -0.3 is 10.2 Å². The van der Waals surface area contributed by atoms with Crippen LogP contribution in [0.25, 0.3) is 11.4 Å². The molecule has 0 saturated carbocycles. The molecule has 0 bridgehead atoms. The van der Waals surface area contributed by atoms with Crippen molar-refractivity contribution in [3.8, 4) is 11.4 Å². The third kappa shape index (κ3) is 6.05. The van der Waals surface area contributed by atoms with E-state index in [1.165, 1.54) is 17.5 Å². The van der Waals surface area contributed by atoms with Crippen molar-refractivity contribution >= 4 is 29.9 Å². The zero-order valence-corrected chi connectivity index (χ0v) is 18.8. The van der Waals surface area contributed by atoms with E-state index in [1.54, 1.807) is 0 Å². The van der Waals surface area contributed by atoms with Crippen molar-refractivity contribution in [3.63, 3.8) is 0 Å². The molecule has 28 heavy (non-hydrogen) atoms. The molecule has 3 rings (SSSR count). The van der Waals surface area contributed by atoms with Crippen LogP contribution >= 0.6 is 24.0 Å². The number of nitrogens with one attached hydrogen (secondary N) is 2. The predicted molar refractivity (Wildman–Crippen MR) is 125 cm³/mol. The molecule has 2 N–H and O–H groups in total. The average molecular weight is 490 g/mol. The van der Waals surface area contributed by atoms with E-state index in [0.717, 1.165) is 36.0 Å². The molecule has 0 aliphatic rings. The standard InChI is InChI=1S/C21H26N6.HI/c1-4-22-21(27(3)14-17-10-8-16(2)9-11-17)23-13-18-6-5-7-19(12-18)20-24-15-25-26-20;/h5-12,15H,4,13-14H2,1-3H3,(H,22,23)(H,24,25,26);1H. The first-order chi connectivity index (χ1) is 13.2. The Morgan fingerprint density at radius 1 is 1.14 bits per heavy atom. The molecular weight excluding hydrogens is 463 g/mol. The van der Waals surface area contributed by atoms with Crippen molar-refractivity contribution in [2.45, 2.75) is 26.9 Å².